The Hall–Kier alpha value is -1.65. The Kier molecular flexibility index (Phi) is 3.12. The van der Waals surface area contributed by atoms with Gasteiger partial charge in [-0.3, -0.25) is 9.78 Å². The van der Waals surface area contributed by atoms with Crippen LogP contribution < -0.4 is 0 Å². The van der Waals surface area contributed by atoms with Gasteiger partial charge in [-0.25, -0.2) is 0 Å². The molecule has 5 heteroatoms. The molecule has 0 spiro atoms. The second kappa shape index (κ2) is 4.79. The van der Waals surface area contributed by atoms with Crippen molar-refractivity contribution in [2.24, 2.45) is 0 Å². The number of hydrogen-bond donors (Lipinski definition) is 0. The van der Waals surface area contributed by atoms with Gasteiger partial charge in [0, 0.05) is 32.8 Å². The first-order valence-electron chi connectivity index (χ1n) is 5.48. The molecular weight excluding hydrogens is 330 g/mol. The molecule has 2 heterocycles. The van der Waals surface area contributed by atoms with Gasteiger partial charge in [-0.15, -0.1) is 0 Å². The van der Waals surface area contributed by atoms with E-state index in [0.717, 1.165) is 9.86 Å². The van der Waals surface area contributed by atoms with Crippen LogP contribution in [-0.4, -0.2) is 10.8 Å². The maximum absolute atomic E-state index is 12.3. The summed E-state index contributed by atoms with van der Waals surface area (Å²) in [6, 6.07) is 8.62. The summed E-state index contributed by atoms with van der Waals surface area (Å²) in [4.78, 5) is 16.2. The third-order valence-corrected chi connectivity index (χ3v) is 3.34. The zero-order valence-corrected chi connectivity index (χ0v) is 11.9. The quantitative estimate of drug-likeness (QED) is 0.648. The average Bonchev–Trinajstić information content (AvgIpc) is 2.80. The number of rotatable bonds is 2. The highest BCUT2D eigenvalue weighted by molar-refractivity contribution is 9.10. The minimum Gasteiger partial charge on any atom is -0.453 e. The lowest BCUT2D eigenvalue weighted by Gasteiger charge is -1.97. The van der Waals surface area contributed by atoms with Crippen molar-refractivity contribution in [2.45, 2.75) is 0 Å². The first-order chi connectivity index (χ1) is 9.13. The van der Waals surface area contributed by atoms with Crippen molar-refractivity contribution in [1.82, 2.24) is 4.98 Å². The summed E-state index contributed by atoms with van der Waals surface area (Å²) in [5.41, 5.74) is 1.11. The van der Waals surface area contributed by atoms with Crippen molar-refractivity contribution < 1.29 is 9.21 Å². The van der Waals surface area contributed by atoms with Crippen LogP contribution in [0.2, 0.25) is 5.02 Å². The Morgan fingerprint density at radius 1 is 1.21 bits per heavy atom. The summed E-state index contributed by atoms with van der Waals surface area (Å²) < 4.78 is 6.28. The molecule has 3 rings (SSSR count). The molecule has 0 N–H and O–H groups in total. The van der Waals surface area contributed by atoms with E-state index in [2.05, 4.69) is 20.9 Å². The number of fused-ring (bicyclic) bond motifs is 1. The number of nitrogens with zero attached hydrogens (tertiary/aromatic N) is 1. The number of benzene rings is 1. The lowest BCUT2D eigenvalue weighted by atomic mass is 10.1. The molecule has 3 nitrogen and oxygen atoms in total. The lowest BCUT2D eigenvalue weighted by molar-refractivity contribution is 0.101. The van der Waals surface area contributed by atoms with Crippen LogP contribution in [-0.2, 0) is 0 Å². The van der Waals surface area contributed by atoms with E-state index in [1.165, 1.54) is 6.20 Å². The van der Waals surface area contributed by atoms with Crippen LogP contribution in [0.5, 0.6) is 0 Å². The van der Waals surface area contributed by atoms with Crippen LogP contribution in [0.15, 0.2) is 51.6 Å². The maximum Gasteiger partial charge on any atom is 0.229 e. The van der Waals surface area contributed by atoms with Crippen LogP contribution in [0.25, 0.3) is 11.0 Å². The summed E-state index contributed by atoms with van der Waals surface area (Å²) in [5.74, 6) is 0.0679. The standard InChI is InChI=1S/C14H7BrClNO2/c15-10-3-9(6-17-7-10)14(18)13-5-8-4-11(16)1-2-12(8)19-13/h1-7H. The molecule has 0 aliphatic heterocycles. The number of ketones is 1. The van der Waals surface area contributed by atoms with Gasteiger partial charge < -0.3 is 4.42 Å². The summed E-state index contributed by atoms with van der Waals surface area (Å²) in [6.07, 6.45) is 3.13. The van der Waals surface area contributed by atoms with E-state index in [1.54, 1.807) is 36.5 Å². The van der Waals surface area contributed by atoms with Crippen molar-refractivity contribution >= 4 is 44.3 Å². The summed E-state index contributed by atoms with van der Waals surface area (Å²) in [5, 5.41) is 1.41. The molecular formula is C14H7BrClNO2. The molecule has 3 aromatic rings. The van der Waals surface area contributed by atoms with Crippen LogP contribution in [0.4, 0.5) is 0 Å². The van der Waals surface area contributed by atoms with Gasteiger partial charge in [-0.1, -0.05) is 11.6 Å². The number of carbonyl (C=O) groups excluding carboxylic acids is 1. The van der Waals surface area contributed by atoms with Gasteiger partial charge in [0.25, 0.3) is 0 Å². The molecule has 0 atom stereocenters. The third kappa shape index (κ3) is 2.41. The number of pyridine rings is 1. The molecule has 0 saturated heterocycles. The molecule has 0 aliphatic carbocycles. The van der Waals surface area contributed by atoms with E-state index in [4.69, 9.17) is 16.0 Å². The Morgan fingerprint density at radius 2 is 2.05 bits per heavy atom. The highest BCUT2D eigenvalue weighted by atomic mass is 79.9. The third-order valence-electron chi connectivity index (χ3n) is 2.67. The second-order valence-electron chi connectivity index (χ2n) is 4.01. The smallest absolute Gasteiger partial charge is 0.229 e. The van der Waals surface area contributed by atoms with Crippen LogP contribution >= 0.6 is 27.5 Å². The lowest BCUT2D eigenvalue weighted by Crippen LogP contribution is -1.99. The van der Waals surface area contributed by atoms with Gasteiger partial charge in [0.1, 0.15) is 5.58 Å². The average molecular weight is 337 g/mol. The topological polar surface area (TPSA) is 43.1 Å². The maximum atomic E-state index is 12.3. The van der Waals surface area contributed by atoms with Gasteiger partial charge in [0.05, 0.1) is 0 Å². The predicted octanol–water partition coefficient (Wildman–Crippen LogP) is 4.47. The van der Waals surface area contributed by atoms with E-state index < -0.39 is 0 Å². The van der Waals surface area contributed by atoms with E-state index >= 15 is 0 Å². The highest BCUT2D eigenvalue weighted by Crippen LogP contribution is 2.24. The molecule has 0 fully saturated rings. The first-order valence-corrected chi connectivity index (χ1v) is 6.65. The zero-order chi connectivity index (χ0) is 13.4. The number of furan rings is 1. The van der Waals surface area contributed by atoms with E-state index in [-0.39, 0.29) is 11.5 Å². The fourth-order valence-electron chi connectivity index (χ4n) is 1.80. The van der Waals surface area contributed by atoms with E-state index in [0.29, 0.717) is 16.2 Å². The number of carbonyl (C=O) groups is 1. The summed E-state index contributed by atoms with van der Waals surface area (Å²) >= 11 is 9.19. The summed E-state index contributed by atoms with van der Waals surface area (Å²) in [7, 11) is 0. The Bertz CT molecular complexity index is 782. The van der Waals surface area contributed by atoms with E-state index in [9.17, 15) is 4.79 Å². The molecule has 0 bridgehead atoms. The van der Waals surface area contributed by atoms with Crippen LogP contribution in [0.1, 0.15) is 16.1 Å². The van der Waals surface area contributed by atoms with E-state index in [1.807, 2.05) is 0 Å². The van der Waals surface area contributed by atoms with Crippen molar-refractivity contribution in [1.29, 1.82) is 0 Å². The minimum atomic E-state index is -0.207. The Morgan fingerprint density at radius 3 is 2.84 bits per heavy atom. The van der Waals surface area contributed by atoms with Crippen molar-refractivity contribution in [2.75, 3.05) is 0 Å². The van der Waals surface area contributed by atoms with Crippen molar-refractivity contribution in [3.8, 4) is 0 Å². The molecule has 0 radical (unpaired) electrons. The zero-order valence-electron chi connectivity index (χ0n) is 9.56. The van der Waals surface area contributed by atoms with Gasteiger partial charge in [-0.2, -0.15) is 0 Å². The molecule has 0 saturated carbocycles. The fraction of sp³-hybridized carbons (Fsp3) is 0. The molecule has 0 amide bonds. The van der Waals surface area contributed by atoms with Crippen LogP contribution in [0.3, 0.4) is 0 Å². The van der Waals surface area contributed by atoms with Gasteiger partial charge in [0.2, 0.25) is 5.78 Å². The largest absolute Gasteiger partial charge is 0.453 e. The second-order valence-corrected chi connectivity index (χ2v) is 5.37. The predicted molar refractivity (Wildman–Crippen MR) is 76.6 cm³/mol. The molecule has 19 heavy (non-hydrogen) atoms. The van der Waals surface area contributed by atoms with Gasteiger partial charge in [0.15, 0.2) is 5.76 Å². The minimum absolute atomic E-state index is 0.207. The normalized spacial score (nSPS) is 10.8. The SMILES string of the molecule is O=C(c1cncc(Br)c1)c1cc2cc(Cl)ccc2o1. The van der Waals surface area contributed by atoms with Crippen LogP contribution in [0, 0.1) is 0 Å². The van der Waals surface area contributed by atoms with Gasteiger partial charge >= 0.3 is 0 Å². The van der Waals surface area contributed by atoms with Crippen molar-refractivity contribution in [3.05, 3.63) is 63.5 Å². The Balaban J connectivity index is 2.06. The van der Waals surface area contributed by atoms with Gasteiger partial charge in [-0.05, 0) is 46.3 Å². The summed E-state index contributed by atoms with van der Waals surface area (Å²) in [6.45, 7) is 0. The number of aromatic nitrogens is 1. The Labute approximate surface area is 122 Å². The molecule has 94 valence electrons. The fourth-order valence-corrected chi connectivity index (χ4v) is 2.35. The van der Waals surface area contributed by atoms with Crippen molar-refractivity contribution in [3.63, 3.8) is 0 Å². The monoisotopic (exact) mass is 335 g/mol. The molecule has 1 aromatic carbocycles. The molecule has 2 aromatic heterocycles. The molecule has 0 unspecified atom stereocenters. The first kappa shape index (κ1) is 12.4. The number of hydrogen-bond acceptors (Lipinski definition) is 3. The number of halogens is 2. The highest BCUT2D eigenvalue weighted by Gasteiger charge is 2.15. The molecule has 0 aliphatic rings.